The van der Waals surface area contributed by atoms with Gasteiger partial charge in [0.05, 0.1) is 10.3 Å². The third kappa shape index (κ3) is 4.95. The summed E-state index contributed by atoms with van der Waals surface area (Å²) < 4.78 is 60.9. The summed E-state index contributed by atoms with van der Waals surface area (Å²) in [4.78, 5) is 11.7. The summed E-state index contributed by atoms with van der Waals surface area (Å²) >= 11 is 0. The highest BCUT2D eigenvalue weighted by Gasteiger charge is 2.60. The van der Waals surface area contributed by atoms with Crippen molar-refractivity contribution in [2.24, 2.45) is 0 Å². The molecule has 1 heterocycles. The molecule has 0 spiro atoms. The molecule has 4 nitrogen and oxygen atoms in total. The van der Waals surface area contributed by atoms with E-state index in [-0.39, 0.29) is 18.8 Å². The van der Waals surface area contributed by atoms with Crippen molar-refractivity contribution in [1.82, 2.24) is 4.90 Å². The van der Waals surface area contributed by atoms with E-state index in [1.807, 2.05) is 0 Å². The molecule has 124 valence electrons. The number of hydrogen-bond acceptors (Lipinski definition) is 3. The van der Waals surface area contributed by atoms with Crippen LogP contribution < -0.4 is 0 Å². The van der Waals surface area contributed by atoms with Gasteiger partial charge in [-0.05, 0) is 17.5 Å². The van der Waals surface area contributed by atoms with Crippen LogP contribution in [-0.4, -0.2) is 22.9 Å². The fourth-order valence-corrected chi connectivity index (χ4v) is 2.70. The molecule has 0 saturated carbocycles. The normalized spacial score (nSPS) is 19.5. The molecule has 0 aromatic heterocycles. The number of hydrogen-bond donors (Lipinski definition) is 0. The van der Waals surface area contributed by atoms with E-state index in [1.165, 1.54) is 17.0 Å². The first-order valence-corrected chi connectivity index (χ1v) is 8.25. The molecule has 0 amide bonds. The number of nitrogens with zero attached hydrogens (tertiary/aromatic N) is 2. The number of nitro benzene ring substituents is 1. The van der Waals surface area contributed by atoms with E-state index in [4.69, 9.17) is 0 Å². The van der Waals surface area contributed by atoms with Crippen LogP contribution in [0, 0.1) is 10.1 Å². The van der Waals surface area contributed by atoms with Crippen LogP contribution in [0.4, 0.5) is 25.1 Å². The lowest BCUT2D eigenvalue weighted by Crippen LogP contribution is -2.30. The van der Waals surface area contributed by atoms with Gasteiger partial charge in [0.1, 0.15) is 0 Å². The molecule has 1 aliphatic rings. The highest BCUT2D eigenvalue weighted by Crippen LogP contribution is 2.98. The van der Waals surface area contributed by atoms with Crippen LogP contribution in [-0.2, 0) is 13.0 Å². The Morgan fingerprint density at radius 3 is 2.50 bits per heavy atom. The Morgan fingerprint density at radius 2 is 1.91 bits per heavy atom. The van der Waals surface area contributed by atoms with Crippen LogP contribution in [0.15, 0.2) is 29.7 Å². The van der Waals surface area contributed by atoms with E-state index < -0.39 is 20.6 Å². The van der Waals surface area contributed by atoms with Gasteiger partial charge in [0, 0.05) is 31.8 Å². The molecule has 1 aromatic rings. The van der Waals surface area contributed by atoms with Crippen LogP contribution in [0.25, 0.3) is 0 Å². The SMILES string of the molecule is O=[N+]([O-])c1ccc2c(c1)CN(C/C=C/S(F)(F)(F)(F)F)CC2. The van der Waals surface area contributed by atoms with Crippen molar-refractivity contribution in [3.8, 4) is 0 Å². The average molecular weight is 344 g/mol. The summed E-state index contributed by atoms with van der Waals surface area (Å²) in [5.74, 6) is 0. The van der Waals surface area contributed by atoms with Gasteiger partial charge in [0.15, 0.2) is 0 Å². The lowest BCUT2D eigenvalue weighted by atomic mass is 9.99. The molecule has 0 unspecified atom stereocenters. The summed E-state index contributed by atoms with van der Waals surface area (Å²) in [6.45, 7) is 0.283. The second-order valence-corrected chi connectivity index (χ2v) is 7.43. The number of fused-ring (bicyclic) bond motifs is 1. The number of benzene rings is 1. The van der Waals surface area contributed by atoms with Crippen molar-refractivity contribution in [2.45, 2.75) is 13.0 Å². The number of nitro groups is 1. The van der Waals surface area contributed by atoms with E-state index in [0.717, 1.165) is 5.56 Å². The molecule has 0 aliphatic carbocycles. The fourth-order valence-electron chi connectivity index (χ4n) is 2.25. The van der Waals surface area contributed by atoms with E-state index in [0.29, 0.717) is 24.6 Å². The molecule has 2 rings (SSSR count). The van der Waals surface area contributed by atoms with Crippen molar-refractivity contribution in [3.05, 3.63) is 50.9 Å². The Hall–Kier alpha value is -1.68. The van der Waals surface area contributed by atoms with Crippen LogP contribution in [0.2, 0.25) is 0 Å². The number of halogens is 5. The quantitative estimate of drug-likeness (QED) is 0.449. The predicted octanol–water partition coefficient (Wildman–Crippen LogP) is 4.77. The lowest BCUT2D eigenvalue weighted by molar-refractivity contribution is -0.385. The predicted molar refractivity (Wildman–Crippen MR) is 74.3 cm³/mol. The number of rotatable bonds is 4. The van der Waals surface area contributed by atoms with Crippen LogP contribution >= 0.6 is 10.2 Å². The van der Waals surface area contributed by atoms with Crippen molar-refractivity contribution in [3.63, 3.8) is 0 Å². The zero-order valence-corrected chi connectivity index (χ0v) is 12.0. The maximum Gasteiger partial charge on any atom is 0.304 e. The smallest absolute Gasteiger partial charge is 0.295 e. The third-order valence-electron chi connectivity index (χ3n) is 3.21. The van der Waals surface area contributed by atoms with E-state index in [2.05, 4.69) is 0 Å². The molecular formula is C12H13F5N2O2S. The van der Waals surface area contributed by atoms with Crippen LogP contribution in [0.3, 0.4) is 0 Å². The topological polar surface area (TPSA) is 46.4 Å². The molecule has 0 fully saturated rings. The van der Waals surface area contributed by atoms with Crippen LogP contribution in [0.1, 0.15) is 11.1 Å². The summed E-state index contributed by atoms with van der Waals surface area (Å²) in [6.07, 6.45) is 0.890. The minimum absolute atomic E-state index is 0.108. The fraction of sp³-hybridized carbons (Fsp3) is 0.333. The monoisotopic (exact) mass is 344 g/mol. The second-order valence-electron chi connectivity index (χ2n) is 5.10. The molecule has 0 bridgehead atoms. The van der Waals surface area contributed by atoms with Gasteiger partial charge in [-0.1, -0.05) is 31.6 Å². The van der Waals surface area contributed by atoms with Gasteiger partial charge in [-0.15, -0.1) is 0 Å². The van der Waals surface area contributed by atoms with Gasteiger partial charge in [0.25, 0.3) is 5.69 Å². The maximum absolute atomic E-state index is 12.2. The minimum atomic E-state index is -9.53. The van der Waals surface area contributed by atoms with Crippen molar-refractivity contribution < 1.29 is 24.4 Å². The van der Waals surface area contributed by atoms with Gasteiger partial charge in [-0.25, -0.2) is 0 Å². The van der Waals surface area contributed by atoms with Gasteiger partial charge < -0.3 is 0 Å². The highest BCUT2D eigenvalue weighted by atomic mass is 32.5. The largest absolute Gasteiger partial charge is 0.304 e. The number of non-ortho nitro benzene ring substituents is 1. The van der Waals surface area contributed by atoms with Crippen molar-refractivity contribution in [2.75, 3.05) is 13.1 Å². The van der Waals surface area contributed by atoms with E-state index in [1.54, 1.807) is 6.07 Å². The zero-order chi connectivity index (χ0) is 16.7. The Morgan fingerprint density at radius 1 is 1.23 bits per heavy atom. The highest BCUT2D eigenvalue weighted by molar-refractivity contribution is 8.48. The first kappa shape index (κ1) is 16.7. The molecule has 1 aliphatic heterocycles. The molecule has 0 N–H and O–H groups in total. The first-order chi connectivity index (χ1) is 9.83. The minimum Gasteiger partial charge on any atom is -0.295 e. The van der Waals surface area contributed by atoms with E-state index in [9.17, 15) is 29.5 Å². The maximum atomic E-state index is 12.2. The van der Waals surface area contributed by atoms with E-state index >= 15 is 0 Å². The Kier molecular flexibility index (Phi) is 3.53. The molecule has 0 atom stereocenters. The van der Waals surface area contributed by atoms with Gasteiger partial charge in [0.2, 0.25) is 0 Å². The molecular weight excluding hydrogens is 331 g/mol. The lowest BCUT2D eigenvalue weighted by Gasteiger charge is -2.37. The Bertz CT molecular complexity index is 645. The summed E-state index contributed by atoms with van der Waals surface area (Å²) in [5, 5.41) is 9.74. The Balaban J connectivity index is 2.08. The van der Waals surface area contributed by atoms with Gasteiger partial charge >= 0.3 is 10.2 Å². The molecule has 1 aromatic carbocycles. The van der Waals surface area contributed by atoms with Crippen molar-refractivity contribution >= 4 is 15.9 Å². The molecule has 0 radical (unpaired) electrons. The first-order valence-electron chi connectivity index (χ1n) is 6.23. The second kappa shape index (κ2) is 4.66. The molecule has 22 heavy (non-hydrogen) atoms. The summed E-state index contributed by atoms with van der Waals surface area (Å²) in [5.41, 5.74) is 1.39. The zero-order valence-electron chi connectivity index (χ0n) is 11.2. The van der Waals surface area contributed by atoms with Crippen LogP contribution in [0.5, 0.6) is 0 Å². The Labute approximate surface area is 123 Å². The van der Waals surface area contributed by atoms with Gasteiger partial charge in [-0.2, -0.15) is 0 Å². The molecule has 0 saturated heterocycles. The molecule has 10 heteroatoms. The summed E-state index contributed by atoms with van der Waals surface area (Å²) in [6, 6.07) is 4.33. The van der Waals surface area contributed by atoms with Gasteiger partial charge in [-0.3, -0.25) is 15.0 Å². The van der Waals surface area contributed by atoms with Crippen molar-refractivity contribution in [1.29, 1.82) is 0 Å². The standard InChI is InChI=1S/C12H13F5N2O2S/c13-22(14,15,16,17)7-1-5-18-6-4-10-2-3-12(19(20)21)8-11(10)9-18/h1-3,7-8H,4-6,9H2/b7-1+. The average Bonchev–Trinajstić information content (AvgIpc) is 2.34. The summed E-state index contributed by atoms with van der Waals surface area (Å²) in [7, 11) is -9.53. The third-order valence-corrected chi connectivity index (χ3v) is 3.92.